The van der Waals surface area contributed by atoms with Gasteiger partial charge in [-0.2, -0.15) is 18.3 Å². The summed E-state index contributed by atoms with van der Waals surface area (Å²) in [5.74, 6) is -0.240. The molecule has 10 heteroatoms. The second kappa shape index (κ2) is 10.7. The molecule has 5 rings (SSSR count). The van der Waals surface area contributed by atoms with Crippen LogP contribution in [0.25, 0.3) is 16.3 Å². The number of fused-ring (bicyclic) bond motifs is 3. The number of allylic oxidation sites excluding steroid dienone is 1. The molecule has 0 saturated heterocycles. The molecule has 42 heavy (non-hydrogen) atoms. The fourth-order valence-corrected chi connectivity index (χ4v) is 6.55. The minimum Gasteiger partial charge on any atom is -0.379 e. The summed E-state index contributed by atoms with van der Waals surface area (Å²) in [6.45, 7) is 9.73. The SMILES string of the molecule is C=C(c1nc(CCCNC(=O)c2cnn(C(C)(C)C)c2)cc2c(NC34CCC(N(C)C)(CC3)C4)cccc12)C(F)(F)F. The molecule has 2 aromatic heterocycles. The molecule has 2 saturated carbocycles. The Kier molecular flexibility index (Phi) is 7.66. The van der Waals surface area contributed by atoms with Crippen molar-refractivity contribution < 1.29 is 18.0 Å². The zero-order valence-corrected chi connectivity index (χ0v) is 25.2. The van der Waals surface area contributed by atoms with Crippen molar-refractivity contribution in [3.05, 3.63) is 60.2 Å². The van der Waals surface area contributed by atoms with Crippen LogP contribution < -0.4 is 10.6 Å². The molecule has 0 radical (unpaired) electrons. The molecule has 226 valence electrons. The highest BCUT2D eigenvalue weighted by Crippen LogP contribution is 2.54. The van der Waals surface area contributed by atoms with E-state index in [4.69, 9.17) is 0 Å². The van der Waals surface area contributed by atoms with E-state index >= 15 is 0 Å². The van der Waals surface area contributed by atoms with Crippen LogP contribution in [0, 0.1) is 0 Å². The Morgan fingerprint density at radius 3 is 2.43 bits per heavy atom. The zero-order valence-electron chi connectivity index (χ0n) is 25.2. The number of nitrogens with zero attached hydrogens (tertiary/aromatic N) is 4. The quantitative estimate of drug-likeness (QED) is 0.280. The van der Waals surface area contributed by atoms with E-state index in [2.05, 4.69) is 46.3 Å². The van der Waals surface area contributed by atoms with E-state index < -0.39 is 11.7 Å². The fourth-order valence-electron chi connectivity index (χ4n) is 6.55. The molecule has 0 aliphatic heterocycles. The Bertz CT molecular complexity index is 1490. The summed E-state index contributed by atoms with van der Waals surface area (Å²) < 4.78 is 43.4. The van der Waals surface area contributed by atoms with Crippen LogP contribution in [0.5, 0.6) is 0 Å². The number of halogens is 3. The standard InChI is InChI=1S/C32H41F3N6O/c1-21(32(33,34)35)27-24-10-7-11-26(39-30-12-14-31(20-30,15-13-30)40(5)6)25(24)17-23(38-27)9-8-16-36-28(42)22-18-37-41(19-22)29(2,3)4/h7,10-11,17-19,39H,1,8-9,12-16,20H2,2-6H3,(H,36,42). The van der Waals surface area contributed by atoms with Crippen molar-refractivity contribution in [1.29, 1.82) is 0 Å². The molecule has 2 heterocycles. The summed E-state index contributed by atoms with van der Waals surface area (Å²) in [6, 6.07) is 7.32. The van der Waals surface area contributed by atoms with Crippen LogP contribution in [0.15, 0.2) is 43.2 Å². The number of alkyl halides is 3. The number of carbonyl (C=O) groups excluding carboxylic acids is 1. The number of carbonyl (C=O) groups is 1. The molecule has 0 unspecified atom stereocenters. The molecule has 0 atom stereocenters. The molecule has 1 aromatic carbocycles. The molecular formula is C32H41F3N6O. The number of pyridine rings is 1. The first-order valence-corrected chi connectivity index (χ1v) is 14.6. The number of rotatable bonds is 9. The van der Waals surface area contributed by atoms with E-state index in [9.17, 15) is 18.0 Å². The van der Waals surface area contributed by atoms with Gasteiger partial charge in [0.15, 0.2) is 0 Å². The Labute approximate surface area is 245 Å². The fraction of sp³-hybridized carbons (Fsp3) is 0.531. The number of aryl methyl sites for hydroxylation is 1. The maximum atomic E-state index is 13.9. The van der Waals surface area contributed by atoms with Crippen molar-refractivity contribution in [2.45, 2.75) is 88.5 Å². The van der Waals surface area contributed by atoms with Gasteiger partial charge in [0.1, 0.15) is 0 Å². The Morgan fingerprint density at radius 2 is 1.83 bits per heavy atom. The van der Waals surface area contributed by atoms with Crippen LogP contribution in [0.4, 0.5) is 18.9 Å². The summed E-state index contributed by atoms with van der Waals surface area (Å²) in [4.78, 5) is 19.4. The lowest BCUT2D eigenvalue weighted by Gasteiger charge is -2.34. The van der Waals surface area contributed by atoms with E-state index in [1.165, 1.54) is 6.20 Å². The third-order valence-corrected chi connectivity index (χ3v) is 9.14. The number of anilines is 1. The van der Waals surface area contributed by atoms with Gasteiger partial charge in [0.25, 0.3) is 5.91 Å². The van der Waals surface area contributed by atoms with Gasteiger partial charge in [0, 0.05) is 46.0 Å². The highest BCUT2D eigenvalue weighted by molar-refractivity contribution is 6.00. The second-order valence-electron chi connectivity index (χ2n) is 13.2. The summed E-state index contributed by atoms with van der Waals surface area (Å²) in [5, 5.41) is 12.1. The summed E-state index contributed by atoms with van der Waals surface area (Å²) in [5.41, 5.74) is 0.584. The molecule has 2 fully saturated rings. The lowest BCUT2D eigenvalue weighted by atomic mass is 9.90. The van der Waals surface area contributed by atoms with Crippen molar-refractivity contribution in [2.75, 3.05) is 26.0 Å². The number of aromatic nitrogens is 3. The summed E-state index contributed by atoms with van der Waals surface area (Å²) in [6.07, 6.45) is 4.82. The number of amides is 1. The van der Waals surface area contributed by atoms with Gasteiger partial charge in [-0.3, -0.25) is 14.5 Å². The van der Waals surface area contributed by atoms with Crippen LogP contribution in [-0.2, 0) is 12.0 Å². The van der Waals surface area contributed by atoms with E-state index in [1.807, 2.05) is 32.9 Å². The smallest absolute Gasteiger partial charge is 0.379 e. The Hall–Kier alpha value is -3.40. The topological polar surface area (TPSA) is 75.1 Å². The maximum absolute atomic E-state index is 13.9. The largest absolute Gasteiger partial charge is 0.417 e. The van der Waals surface area contributed by atoms with Gasteiger partial charge in [-0.25, -0.2) is 0 Å². The monoisotopic (exact) mass is 582 g/mol. The number of nitrogens with one attached hydrogen (secondary N) is 2. The zero-order chi connectivity index (χ0) is 30.5. The first-order valence-electron chi connectivity index (χ1n) is 14.6. The van der Waals surface area contributed by atoms with Crippen LogP contribution in [0.1, 0.15) is 81.0 Å². The molecule has 2 aliphatic carbocycles. The first kappa shape index (κ1) is 30.1. The number of hydrogen-bond donors (Lipinski definition) is 2. The second-order valence-corrected chi connectivity index (χ2v) is 13.2. The average molecular weight is 583 g/mol. The van der Waals surface area contributed by atoms with Crippen LogP contribution >= 0.6 is 0 Å². The third-order valence-electron chi connectivity index (χ3n) is 9.14. The van der Waals surface area contributed by atoms with Crippen molar-refractivity contribution in [1.82, 2.24) is 25.0 Å². The Balaban J connectivity index is 1.37. The van der Waals surface area contributed by atoms with Crippen molar-refractivity contribution in [3.63, 3.8) is 0 Å². The number of benzene rings is 1. The van der Waals surface area contributed by atoms with Gasteiger partial charge in [-0.15, -0.1) is 0 Å². The van der Waals surface area contributed by atoms with E-state index in [0.717, 1.165) is 37.8 Å². The molecule has 2 bridgehead atoms. The molecule has 3 aromatic rings. The minimum absolute atomic E-state index is 0.0751. The molecule has 0 spiro atoms. The van der Waals surface area contributed by atoms with E-state index in [0.29, 0.717) is 41.4 Å². The van der Waals surface area contributed by atoms with Gasteiger partial charge < -0.3 is 15.5 Å². The molecule has 1 amide bonds. The maximum Gasteiger partial charge on any atom is 0.417 e. The van der Waals surface area contributed by atoms with Gasteiger partial charge in [0.2, 0.25) is 0 Å². The predicted octanol–water partition coefficient (Wildman–Crippen LogP) is 6.55. The molecule has 2 N–H and O–H groups in total. The van der Waals surface area contributed by atoms with E-state index in [-0.39, 0.29) is 28.2 Å². The average Bonchev–Trinajstić information content (AvgIpc) is 3.65. The minimum atomic E-state index is -4.60. The highest BCUT2D eigenvalue weighted by atomic mass is 19.4. The van der Waals surface area contributed by atoms with Crippen LogP contribution in [-0.4, -0.2) is 63.5 Å². The van der Waals surface area contributed by atoms with Gasteiger partial charge in [-0.1, -0.05) is 18.7 Å². The van der Waals surface area contributed by atoms with Crippen LogP contribution in [0.2, 0.25) is 0 Å². The van der Waals surface area contributed by atoms with Crippen molar-refractivity contribution in [3.8, 4) is 0 Å². The van der Waals surface area contributed by atoms with Crippen LogP contribution in [0.3, 0.4) is 0 Å². The number of hydrogen-bond acceptors (Lipinski definition) is 5. The molecule has 7 nitrogen and oxygen atoms in total. The third kappa shape index (κ3) is 5.78. The van der Waals surface area contributed by atoms with Gasteiger partial charge >= 0.3 is 6.18 Å². The highest BCUT2D eigenvalue weighted by Gasteiger charge is 2.55. The first-order chi connectivity index (χ1) is 19.6. The normalized spacial score (nSPS) is 22.2. The Morgan fingerprint density at radius 1 is 1.12 bits per heavy atom. The van der Waals surface area contributed by atoms with Gasteiger partial charge in [0.05, 0.1) is 28.6 Å². The van der Waals surface area contributed by atoms with Crippen molar-refractivity contribution in [2.24, 2.45) is 0 Å². The summed E-state index contributed by atoms with van der Waals surface area (Å²) in [7, 11) is 4.26. The predicted molar refractivity (Wildman–Crippen MR) is 161 cm³/mol. The van der Waals surface area contributed by atoms with E-state index in [1.54, 1.807) is 23.0 Å². The molecule has 2 aliphatic rings. The van der Waals surface area contributed by atoms with Gasteiger partial charge in [-0.05, 0) is 91.9 Å². The molecular weight excluding hydrogens is 541 g/mol. The lowest BCUT2D eigenvalue weighted by Crippen LogP contribution is -2.39. The lowest BCUT2D eigenvalue weighted by molar-refractivity contribution is -0.0688. The van der Waals surface area contributed by atoms with Crippen molar-refractivity contribution >= 4 is 27.9 Å². The summed E-state index contributed by atoms with van der Waals surface area (Å²) >= 11 is 0.